The summed E-state index contributed by atoms with van der Waals surface area (Å²) in [6.45, 7) is 0. The van der Waals surface area contributed by atoms with Gasteiger partial charge in [-0.3, -0.25) is 0 Å². The van der Waals surface area contributed by atoms with Gasteiger partial charge in [-0.2, -0.15) is 0 Å². The summed E-state index contributed by atoms with van der Waals surface area (Å²) in [5.74, 6) is 0. The molecule has 0 amide bonds. The van der Waals surface area contributed by atoms with Gasteiger partial charge in [0.1, 0.15) is 0 Å². The maximum atomic E-state index is 2.41. The minimum atomic E-state index is 1.15. The van der Waals surface area contributed by atoms with Gasteiger partial charge in [-0.25, -0.2) is 0 Å². The van der Waals surface area contributed by atoms with E-state index in [1.165, 1.54) is 99.0 Å². The fourth-order valence-corrected chi connectivity index (χ4v) is 8.55. The van der Waals surface area contributed by atoms with Crippen molar-refractivity contribution in [1.29, 1.82) is 0 Å². The van der Waals surface area contributed by atoms with Crippen molar-refractivity contribution in [2.24, 2.45) is 0 Å². The molecule has 11 aromatic rings. The van der Waals surface area contributed by atoms with Gasteiger partial charge < -0.3 is 4.57 Å². The van der Waals surface area contributed by atoms with Gasteiger partial charge in [0.15, 0.2) is 0 Å². The molecule has 0 spiro atoms. The van der Waals surface area contributed by atoms with Crippen LogP contribution < -0.4 is 0 Å². The van der Waals surface area contributed by atoms with Crippen LogP contribution in [0.15, 0.2) is 224 Å². The van der Waals surface area contributed by atoms with Crippen LogP contribution in [0.5, 0.6) is 0 Å². The van der Waals surface area contributed by atoms with Gasteiger partial charge in [0.25, 0.3) is 0 Å². The van der Waals surface area contributed by atoms with E-state index in [0.29, 0.717) is 0 Å². The fourth-order valence-electron chi connectivity index (χ4n) is 8.55. The highest BCUT2D eigenvalue weighted by atomic mass is 15.0. The van der Waals surface area contributed by atoms with Gasteiger partial charge in [-0.15, -0.1) is 0 Å². The molecular weight excluding hydrogens is 687 g/mol. The molecule has 0 saturated carbocycles. The lowest BCUT2D eigenvalue weighted by molar-refractivity contribution is 1.18. The Morgan fingerprint density at radius 1 is 0.211 bits per heavy atom. The fraction of sp³-hybridized carbons (Fsp3) is 0. The zero-order chi connectivity index (χ0) is 37.7. The average molecular weight is 724 g/mol. The van der Waals surface area contributed by atoms with Crippen molar-refractivity contribution in [3.63, 3.8) is 0 Å². The predicted octanol–water partition coefficient (Wildman–Crippen LogP) is 15.4. The number of benzene rings is 10. The van der Waals surface area contributed by atoms with Crippen molar-refractivity contribution in [2.75, 3.05) is 0 Å². The van der Waals surface area contributed by atoms with E-state index in [1.54, 1.807) is 0 Å². The molecule has 1 nitrogen and oxygen atoms in total. The van der Waals surface area contributed by atoms with E-state index in [-0.39, 0.29) is 0 Å². The second-order valence-electron chi connectivity index (χ2n) is 15.0. The van der Waals surface area contributed by atoms with Crippen LogP contribution in [-0.2, 0) is 0 Å². The number of hydrogen-bond acceptors (Lipinski definition) is 0. The highest BCUT2D eigenvalue weighted by Gasteiger charge is 2.15. The second-order valence-corrected chi connectivity index (χ2v) is 15.0. The number of nitrogens with zero attached hydrogens (tertiary/aromatic N) is 1. The molecule has 1 aromatic heterocycles. The molecule has 266 valence electrons. The molecule has 0 N–H and O–H groups in total. The molecule has 0 aliphatic rings. The Hall–Kier alpha value is -7.48. The van der Waals surface area contributed by atoms with E-state index >= 15 is 0 Å². The summed E-state index contributed by atoms with van der Waals surface area (Å²) in [7, 11) is 0. The van der Waals surface area contributed by atoms with Crippen LogP contribution in [0.4, 0.5) is 0 Å². The molecule has 0 bridgehead atoms. The van der Waals surface area contributed by atoms with Crippen LogP contribution in [0, 0.1) is 0 Å². The third kappa shape index (κ3) is 5.98. The zero-order valence-corrected chi connectivity index (χ0v) is 31.3. The van der Waals surface area contributed by atoms with Crippen molar-refractivity contribution in [3.05, 3.63) is 224 Å². The molecule has 0 aliphatic carbocycles. The van der Waals surface area contributed by atoms with Gasteiger partial charge in [0.05, 0.1) is 11.0 Å². The Kier molecular flexibility index (Phi) is 7.89. The molecule has 10 aromatic carbocycles. The smallest absolute Gasteiger partial charge is 0.0541 e. The summed E-state index contributed by atoms with van der Waals surface area (Å²) in [5.41, 5.74) is 15.7. The van der Waals surface area contributed by atoms with Crippen molar-refractivity contribution in [2.45, 2.75) is 0 Å². The summed E-state index contributed by atoms with van der Waals surface area (Å²) >= 11 is 0. The quantitative estimate of drug-likeness (QED) is 0.161. The summed E-state index contributed by atoms with van der Waals surface area (Å²) in [6, 6.07) is 82.0. The molecule has 0 fully saturated rings. The monoisotopic (exact) mass is 723 g/mol. The first-order valence-corrected chi connectivity index (χ1v) is 19.7. The number of hydrogen-bond donors (Lipinski definition) is 0. The number of aromatic nitrogens is 1. The Morgan fingerprint density at radius 2 is 0.526 bits per heavy atom. The first-order valence-electron chi connectivity index (χ1n) is 19.7. The highest BCUT2D eigenvalue weighted by Crippen LogP contribution is 2.38. The van der Waals surface area contributed by atoms with Gasteiger partial charge >= 0.3 is 0 Å². The van der Waals surface area contributed by atoms with Crippen LogP contribution in [0.25, 0.3) is 105 Å². The Balaban J connectivity index is 0.944. The largest absolute Gasteiger partial charge is 0.309 e. The summed E-state index contributed by atoms with van der Waals surface area (Å²) < 4.78 is 2.41. The van der Waals surface area contributed by atoms with Crippen molar-refractivity contribution in [1.82, 2.24) is 4.57 Å². The van der Waals surface area contributed by atoms with Crippen LogP contribution >= 0.6 is 0 Å². The van der Waals surface area contributed by atoms with E-state index in [9.17, 15) is 0 Å². The van der Waals surface area contributed by atoms with E-state index in [2.05, 4.69) is 229 Å². The number of rotatable bonds is 6. The molecule has 0 radical (unpaired) electrons. The van der Waals surface area contributed by atoms with Crippen LogP contribution in [-0.4, -0.2) is 4.57 Å². The Labute approximate surface area is 332 Å². The molecule has 0 saturated heterocycles. The lowest BCUT2D eigenvalue weighted by atomic mass is 9.95. The van der Waals surface area contributed by atoms with Gasteiger partial charge in [-0.1, -0.05) is 170 Å². The lowest BCUT2D eigenvalue weighted by Gasteiger charge is -2.10. The minimum absolute atomic E-state index is 1.15. The zero-order valence-electron chi connectivity index (χ0n) is 31.3. The maximum Gasteiger partial charge on any atom is 0.0541 e. The molecule has 0 unspecified atom stereocenters. The molecule has 11 rings (SSSR count). The molecule has 1 heteroatoms. The Bertz CT molecular complexity index is 3240. The second kappa shape index (κ2) is 13.7. The third-order valence-electron chi connectivity index (χ3n) is 11.6. The van der Waals surface area contributed by atoms with Crippen LogP contribution in [0.1, 0.15) is 0 Å². The summed E-state index contributed by atoms with van der Waals surface area (Å²) in [5, 5.41) is 7.52. The van der Waals surface area contributed by atoms with Crippen LogP contribution in [0.2, 0.25) is 0 Å². The summed E-state index contributed by atoms with van der Waals surface area (Å²) in [4.78, 5) is 0. The first-order chi connectivity index (χ1) is 28.2. The standard InChI is InChI=1S/C56H37N/c1-3-9-38(10-4-1)41-25-29-52(30-26-41)57-55-31-27-50(39-11-5-2-6-12-39)36-53(55)54-37-51(28-32-56(54)57)43-17-15-42(16-18-43)45-21-22-48-35-49(24-23-47(48)34-45)46-20-19-40-13-7-8-14-44(40)33-46/h1-37H. The highest BCUT2D eigenvalue weighted by molar-refractivity contribution is 6.11. The van der Waals surface area contributed by atoms with Crippen molar-refractivity contribution < 1.29 is 0 Å². The van der Waals surface area contributed by atoms with E-state index < -0.39 is 0 Å². The SMILES string of the molecule is c1ccc(-c2ccc(-n3c4ccc(-c5ccccc5)cc4c4cc(-c5ccc(-c6ccc7cc(-c8ccc9ccccc9c8)ccc7c6)cc5)ccc43)cc2)cc1. The number of fused-ring (bicyclic) bond motifs is 5. The lowest BCUT2D eigenvalue weighted by Crippen LogP contribution is -1.94. The van der Waals surface area contributed by atoms with Crippen molar-refractivity contribution >= 4 is 43.4 Å². The van der Waals surface area contributed by atoms with Gasteiger partial charge in [-0.05, 0) is 132 Å². The normalized spacial score (nSPS) is 11.5. The third-order valence-corrected chi connectivity index (χ3v) is 11.6. The molecule has 57 heavy (non-hydrogen) atoms. The maximum absolute atomic E-state index is 2.41. The van der Waals surface area contributed by atoms with E-state index in [1.807, 2.05) is 0 Å². The molecule has 1 heterocycles. The van der Waals surface area contributed by atoms with E-state index in [4.69, 9.17) is 0 Å². The topological polar surface area (TPSA) is 4.93 Å². The molecular formula is C56H37N. The van der Waals surface area contributed by atoms with Gasteiger partial charge in [0.2, 0.25) is 0 Å². The summed E-state index contributed by atoms with van der Waals surface area (Å²) in [6.07, 6.45) is 0. The molecule has 0 atom stereocenters. The van der Waals surface area contributed by atoms with E-state index in [0.717, 1.165) is 5.69 Å². The van der Waals surface area contributed by atoms with Crippen LogP contribution in [0.3, 0.4) is 0 Å². The predicted molar refractivity (Wildman–Crippen MR) is 243 cm³/mol. The minimum Gasteiger partial charge on any atom is -0.309 e. The first kappa shape index (κ1) is 32.9. The average Bonchev–Trinajstić information content (AvgIpc) is 3.62. The Morgan fingerprint density at radius 3 is 1.05 bits per heavy atom. The molecule has 0 aliphatic heterocycles. The van der Waals surface area contributed by atoms with Crippen molar-refractivity contribution in [3.8, 4) is 61.3 Å². The van der Waals surface area contributed by atoms with Gasteiger partial charge in [0, 0.05) is 16.5 Å².